The molecule has 2 atom stereocenters. The van der Waals surface area contributed by atoms with Crippen molar-refractivity contribution >= 4 is 5.97 Å². The number of hydrogen-bond donors (Lipinski definition) is 1. The van der Waals surface area contributed by atoms with E-state index in [1.165, 1.54) is 18.1 Å². The van der Waals surface area contributed by atoms with E-state index in [0.29, 0.717) is 11.8 Å². The van der Waals surface area contributed by atoms with Gasteiger partial charge in [-0.2, -0.15) is 0 Å². The smallest absolute Gasteiger partial charge is 0.328 e. The predicted molar refractivity (Wildman–Crippen MR) is 44.8 cm³/mol. The molecule has 2 unspecified atom stereocenters. The van der Waals surface area contributed by atoms with E-state index < -0.39 is 5.97 Å². The second-order valence-corrected chi connectivity index (χ2v) is 3.83. The number of piperidine rings is 2. The second kappa shape index (κ2) is 2.59. The quantitative estimate of drug-likeness (QED) is 0.581. The van der Waals surface area contributed by atoms with Gasteiger partial charge in [-0.1, -0.05) is 5.57 Å². The molecule has 66 valence electrons. The summed E-state index contributed by atoms with van der Waals surface area (Å²) in [5.74, 6) is 0.277. The normalized spacial score (nSPS) is 34.2. The number of carboxylic acid groups (broad SMARTS) is 1. The van der Waals surface area contributed by atoms with E-state index in [-0.39, 0.29) is 0 Å². The molecule has 2 bridgehead atoms. The molecule has 2 heterocycles. The van der Waals surface area contributed by atoms with Gasteiger partial charge in [0.2, 0.25) is 0 Å². The van der Waals surface area contributed by atoms with Gasteiger partial charge in [0.25, 0.3) is 0 Å². The molecule has 3 nitrogen and oxygen atoms in total. The molecule has 0 aromatic rings. The highest BCUT2D eigenvalue weighted by molar-refractivity contribution is 5.81. The molecular formula is C9H13NO2. The Kier molecular flexibility index (Phi) is 1.68. The number of aliphatic carboxylic acids is 1. The van der Waals surface area contributed by atoms with E-state index in [2.05, 4.69) is 11.9 Å². The van der Waals surface area contributed by atoms with Crippen LogP contribution in [0.1, 0.15) is 6.42 Å². The van der Waals surface area contributed by atoms with E-state index in [4.69, 9.17) is 5.11 Å². The maximum atomic E-state index is 10.4. The van der Waals surface area contributed by atoms with Crippen molar-refractivity contribution < 1.29 is 9.90 Å². The van der Waals surface area contributed by atoms with Gasteiger partial charge < -0.3 is 10.0 Å². The minimum atomic E-state index is -0.788. The molecule has 0 aromatic carbocycles. The van der Waals surface area contributed by atoms with Gasteiger partial charge in [-0.3, -0.25) is 0 Å². The van der Waals surface area contributed by atoms with Crippen molar-refractivity contribution in [3.05, 3.63) is 11.6 Å². The molecule has 0 spiro atoms. The maximum Gasteiger partial charge on any atom is 0.328 e. The molecule has 3 rings (SSSR count). The van der Waals surface area contributed by atoms with Gasteiger partial charge in [0, 0.05) is 19.2 Å². The second-order valence-electron chi connectivity index (χ2n) is 3.83. The number of nitrogens with zero attached hydrogens (tertiary/aromatic N) is 1. The monoisotopic (exact) mass is 167 g/mol. The number of fused-ring (bicyclic) bond motifs is 2. The number of carbonyl (C=O) groups is 1. The zero-order valence-electron chi connectivity index (χ0n) is 7.16. The average Bonchev–Trinajstić information content (AvgIpc) is 2.00. The molecule has 1 aliphatic carbocycles. The maximum absolute atomic E-state index is 10.4. The standard InChI is InChI=1S/C9H13NO2/c1-10-4-6-2-7(5-10)8(6)3-9(11)12/h3,6-7H,2,4-5H2,1H3,(H,11,12). The van der Waals surface area contributed by atoms with Gasteiger partial charge in [0.15, 0.2) is 0 Å². The summed E-state index contributed by atoms with van der Waals surface area (Å²) < 4.78 is 0. The lowest BCUT2D eigenvalue weighted by Gasteiger charge is -2.48. The summed E-state index contributed by atoms with van der Waals surface area (Å²) in [4.78, 5) is 12.7. The van der Waals surface area contributed by atoms with Crippen LogP contribution in [0.2, 0.25) is 0 Å². The van der Waals surface area contributed by atoms with Crippen LogP contribution < -0.4 is 0 Å². The lowest BCUT2D eigenvalue weighted by atomic mass is 9.66. The first kappa shape index (κ1) is 7.80. The van der Waals surface area contributed by atoms with Crippen LogP contribution in [0.5, 0.6) is 0 Å². The fourth-order valence-corrected chi connectivity index (χ4v) is 2.35. The Labute approximate surface area is 71.7 Å². The minimum Gasteiger partial charge on any atom is -0.478 e. The van der Waals surface area contributed by atoms with Crippen molar-refractivity contribution in [2.75, 3.05) is 20.1 Å². The molecule has 0 radical (unpaired) electrons. The Morgan fingerprint density at radius 3 is 2.67 bits per heavy atom. The summed E-state index contributed by atoms with van der Waals surface area (Å²) in [6.07, 6.45) is 2.61. The number of rotatable bonds is 1. The van der Waals surface area contributed by atoms with Crippen LogP contribution in [-0.4, -0.2) is 36.1 Å². The zero-order valence-corrected chi connectivity index (χ0v) is 7.16. The number of hydrogen-bond acceptors (Lipinski definition) is 2. The van der Waals surface area contributed by atoms with Crippen molar-refractivity contribution in [1.82, 2.24) is 4.90 Å². The van der Waals surface area contributed by atoms with Crippen molar-refractivity contribution in [1.29, 1.82) is 0 Å². The summed E-state index contributed by atoms with van der Waals surface area (Å²) >= 11 is 0. The summed E-state index contributed by atoms with van der Waals surface area (Å²) in [5, 5.41) is 8.58. The molecule has 3 aliphatic rings. The summed E-state index contributed by atoms with van der Waals surface area (Å²) in [5.41, 5.74) is 1.17. The Bertz CT molecular complexity index is 233. The number of carboxylic acids is 1. The predicted octanol–water partition coefficient (Wildman–Crippen LogP) is 0.579. The zero-order chi connectivity index (χ0) is 8.72. The molecule has 3 fully saturated rings. The van der Waals surface area contributed by atoms with Gasteiger partial charge in [-0.15, -0.1) is 0 Å². The minimum absolute atomic E-state index is 0.532. The van der Waals surface area contributed by atoms with E-state index in [1.54, 1.807) is 0 Å². The van der Waals surface area contributed by atoms with Gasteiger partial charge in [-0.25, -0.2) is 4.79 Å². The summed E-state index contributed by atoms with van der Waals surface area (Å²) in [6.45, 7) is 2.07. The van der Waals surface area contributed by atoms with Crippen LogP contribution in [0.4, 0.5) is 0 Å². The molecule has 2 saturated heterocycles. The average molecular weight is 167 g/mol. The summed E-state index contributed by atoms with van der Waals surface area (Å²) in [6, 6.07) is 0. The molecular weight excluding hydrogens is 154 g/mol. The van der Waals surface area contributed by atoms with Crippen LogP contribution in [0.15, 0.2) is 11.6 Å². The highest BCUT2D eigenvalue weighted by Crippen LogP contribution is 2.44. The Morgan fingerprint density at radius 2 is 2.17 bits per heavy atom. The third kappa shape index (κ3) is 1.14. The van der Waals surface area contributed by atoms with Gasteiger partial charge in [0.1, 0.15) is 0 Å². The third-order valence-electron chi connectivity index (χ3n) is 2.87. The van der Waals surface area contributed by atoms with Crippen LogP contribution in [0.25, 0.3) is 0 Å². The van der Waals surface area contributed by atoms with E-state index >= 15 is 0 Å². The highest BCUT2D eigenvalue weighted by atomic mass is 16.4. The Balaban J connectivity index is 2.09. The Morgan fingerprint density at radius 1 is 1.58 bits per heavy atom. The van der Waals surface area contributed by atoms with Crippen LogP contribution in [0, 0.1) is 11.8 Å². The molecule has 1 saturated carbocycles. The Hall–Kier alpha value is -0.830. The lowest BCUT2D eigenvalue weighted by molar-refractivity contribution is -0.131. The van der Waals surface area contributed by atoms with Gasteiger partial charge in [-0.05, 0) is 25.3 Å². The third-order valence-corrected chi connectivity index (χ3v) is 2.87. The first-order valence-corrected chi connectivity index (χ1v) is 4.30. The van der Waals surface area contributed by atoms with Gasteiger partial charge in [0.05, 0.1) is 0 Å². The SMILES string of the molecule is CN1CC2CC(C1)C2=CC(=O)O. The first-order chi connectivity index (χ1) is 5.66. The molecule has 0 aromatic heterocycles. The van der Waals surface area contributed by atoms with Crippen molar-refractivity contribution in [2.24, 2.45) is 11.8 Å². The van der Waals surface area contributed by atoms with Gasteiger partial charge >= 0.3 is 5.97 Å². The fourth-order valence-electron chi connectivity index (χ4n) is 2.35. The van der Waals surface area contributed by atoms with Crippen molar-refractivity contribution in [2.45, 2.75) is 6.42 Å². The van der Waals surface area contributed by atoms with E-state index in [0.717, 1.165) is 13.1 Å². The highest BCUT2D eigenvalue weighted by Gasteiger charge is 2.40. The topological polar surface area (TPSA) is 40.5 Å². The van der Waals surface area contributed by atoms with Crippen molar-refractivity contribution in [3.8, 4) is 0 Å². The molecule has 3 heteroatoms. The van der Waals surface area contributed by atoms with Crippen LogP contribution in [0.3, 0.4) is 0 Å². The first-order valence-electron chi connectivity index (χ1n) is 4.30. The van der Waals surface area contributed by atoms with E-state index in [1.807, 2.05) is 0 Å². The molecule has 2 aliphatic heterocycles. The molecule has 1 N–H and O–H groups in total. The molecule has 12 heavy (non-hydrogen) atoms. The lowest BCUT2D eigenvalue weighted by Crippen LogP contribution is -2.48. The van der Waals surface area contributed by atoms with E-state index in [9.17, 15) is 4.79 Å². The van der Waals surface area contributed by atoms with Crippen molar-refractivity contribution in [3.63, 3.8) is 0 Å². The largest absolute Gasteiger partial charge is 0.478 e. The van der Waals surface area contributed by atoms with Crippen LogP contribution >= 0.6 is 0 Å². The summed E-state index contributed by atoms with van der Waals surface area (Å²) in [7, 11) is 2.09. The molecule has 0 amide bonds. The fraction of sp³-hybridized carbons (Fsp3) is 0.667. The van der Waals surface area contributed by atoms with Crippen LogP contribution in [-0.2, 0) is 4.79 Å².